The highest BCUT2D eigenvalue weighted by atomic mass is 19.2. The largest absolute Gasteiger partial charge is 0.347 e. The molecule has 1 N–H and O–H groups in total. The van der Waals surface area contributed by atoms with Crippen LogP contribution in [0.4, 0.5) is 13.2 Å². The number of carbonyl (C=O) groups is 1. The molecular formula is C14H12F3N3O. The van der Waals surface area contributed by atoms with Crippen LogP contribution in [0, 0.1) is 17.5 Å². The number of H-pyrrole nitrogens is 1. The van der Waals surface area contributed by atoms with Gasteiger partial charge in [-0.1, -0.05) is 0 Å². The Morgan fingerprint density at radius 3 is 2.62 bits per heavy atom. The zero-order chi connectivity index (χ0) is 15.0. The van der Waals surface area contributed by atoms with Crippen LogP contribution in [0.5, 0.6) is 0 Å². The molecule has 0 aliphatic carbocycles. The summed E-state index contributed by atoms with van der Waals surface area (Å²) in [6, 6.07) is 1.90. The zero-order valence-electron chi connectivity index (χ0n) is 10.9. The predicted octanol–water partition coefficient (Wildman–Crippen LogP) is 2.34. The normalized spacial score (nSPS) is 18.5. The summed E-state index contributed by atoms with van der Waals surface area (Å²) in [5.74, 6) is -3.79. The summed E-state index contributed by atoms with van der Waals surface area (Å²) >= 11 is 0. The summed E-state index contributed by atoms with van der Waals surface area (Å²) in [5, 5.41) is 0. The molecule has 1 aliphatic rings. The standard InChI is InChI=1S/C14H12F3N3O/c15-10-3-8(4-11(16)14(10)17)9-5-13(21)20(6-9)7-12-18-1-2-19-12/h1-4,9H,5-7H2,(H,18,19). The lowest BCUT2D eigenvalue weighted by molar-refractivity contribution is -0.128. The molecule has 7 heteroatoms. The molecule has 0 spiro atoms. The predicted molar refractivity (Wildman–Crippen MR) is 67.7 cm³/mol. The Balaban J connectivity index is 1.78. The monoisotopic (exact) mass is 295 g/mol. The van der Waals surface area contributed by atoms with E-state index in [0.29, 0.717) is 24.5 Å². The Labute approximate surface area is 118 Å². The fourth-order valence-corrected chi connectivity index (χ4v) is 2.52. The highest BCUT2D eigenvalue weighted by Gasteiger charge is 2.32. The first-order chi connectivity index (χ1) is 10.0. The highest BCUT2D eigenvalue weighted by molar-refractivity contribution is 5.79. The van der Waals surface area contributed by atoms with Crippen LogP contribution in [-0.4, -0.2) is 27.3 Å². The fraction of sp³-hybridized carbons (Fsp3) is 0.286. The van der Waals surface area contributed by atoms with Crippen molar-refractivity contribution in [3.63, 3.8) is 0 Å². The second-order valence-electron chi connectivity index (χ2n) is 5.01. The van der Waals surface area contributed by atoms with Crippen molar-refractivity contribution in [3.05, 3.63) is 53.4 Å². The van der Waals surface area contributed by atoms with Crippen molar-refractivity contribution in [2.75, 3.05) is 6.54 Å². The van der Waals surface area contributed by atoms with E-state index in [0.717, 1.165) is 12.1 Å². The van der Waals surface area contributed by atoms with E-state index < -0.39 is 17.5 Å². The smallest absolute Gasteiger partial charge is 0.223 e. The number of benzene rings is 1. The lowest BCUT2D eigenvalue weighted by Gasteiger charge is -2.15. The molecule has 0 bridgehead atoms. The second-order valence-corrected chi connectivity index (χ2v) is 5.01. The molecule has 1 atom stereocenters. The first-order valence-corrected chi connectivity index (χ1v) is 6.45. The Hall–Kier alpha value is -2.31. The van der Waals surface area contributed by atoms with Crippen molar-refractivity contribution in [2.24, 2.45) is 0 Å². The third-order valence-electron chi connectivity index (χ3n) is 3.59. The number of aromatic nitrogens is 2. The molecular weight excluding hydrogens is 283 g/mol. The minimum atomic E-state index is -1.49. The molecule has 2 heterocycles. The van der Waals surface area contributed by atoms with Crippen LogP contribution < -0.4 is 0 Å². The van der Waals surface area contributed by atoms with Gasteiger partial charge in [-0.05, 0) is 17.7 Å². The Kier molecular flexibility index (Phi) is 3.40. The van der Waals surface area contributed by atoms with Gasteiger partial charge in [0.15, 0.2) is 17.5 Å². The minimum Gasteiger partial charge on any atom is -0.347 e. The number of halogens is 3. The van der Waals surface area contributed by atoms with Crippen molar-refractivity contribution in [3.8, 4) is 0 Å². The van der Waals surface area contributed by atoms with E-state index >= 15 is 0 Å². The van der Waals surface area contributed by atoms with Crippen molar-refractivity contribution in [1.29, 1.82) is 0 Å². The van der Waals surface area contributed by atoms with Crippen molar-refractivity contribution >= 4 is 5.91 Å². The van der Waals surface area contributed by atoms with Crippen molar-refractivity contribution in [1.82, 2.24) is 14.9 Å². The van der Waals surface area contributed by atoms with Gasteiger partial charge in [-0.25, -0.2) is 18.2 Å². The van der Waals surface area contributed by atoms with Gasteiger partial charge >= 0.3 is 0 Å². The van der Waals surface area contributed by atoms with Crippen LogP contribution >= 0.6 is 0 Å². The molecule has 110 valence electrons. The molecule has 0 radical (unpaired) electrons. The number of imidazole rings is 1. The summed E-state index contributed by atoms with van der Waals surface area (Å²) in [5.41, 5.74) is 0.293. The number of carbonyl (C=O) groups excluding carboxylic acids is 1. The zero-order valence-corrected chi connectivity index (χ0v) is 10.9. The third-order valence-corrected chi connectivity index (χ3v) is 3.59. The first kappa shape index (κ1) is 13.7. The van der Waals surface area contributed by atoms with Crippen LogP contribution in [-0.2, 0) is 11.3 Å². The molecule has 1 amide bonds. The van der Waals surface area contributed by atoms with Crippen molar-refractivity contribution < 1.29 is 18.0 Å². The third kappa shape index (κ3) is 2.63. The van der Waals surface area contributed by atoms with E-state index in [1.54, 1.807) is 17.3 Å². The first-order valence-electron chi connectivity index (χ1n) is 6.45. The Morgan fingerprint density at radius 2 is 2.00 bits per heavy atom. The van der Waals surface area contributed by atoms with E-state index in [-0.39, 0.29) is 18.2 Å². The SMILES string of the molecule is O=C1CC(c2cc(F)c(F)c(F)c2)CN1Cc1ncc[nH]1. The van der Waals surface area contributed by atoms with E-state index in [4.69, 9.17) is 0 Å². The van der Waals surface area contributed by atoms with Gasteiger partial charge in [-0.3, -0.25) is 4.79 Å². The summed E-state index contributed by atoms with van der Waals surface area (Å²) in [4.78, 5) is 20.4. The van der Waals surface area contributed by atoms with E-state index in [1.165, 1.54) is 0 Å². The van der Waals surface area contributed by atoms with Gasteiger partial charge in [0.05, 0.1) is 6.54 Å². The molecule has 0 saturated carbocycles. The van der Waals surface area contributed by atoms with Gasteiger partial charge in [0.1, 0.15) is 5.82 Å². The molecule has 1 aromatic heterocycles. The van der Waals surface area contributed by atoms with Crippen LogP contribution in [0.1, 0.15) is 23.7 Å². The Morgan fingerprint density at radius 1 is 1.29 bits per heavy atom. The molecule has 4 nitrogen and oxygen atoms in total. The van der Waals surface area contributed by atoms with Gasteiger partial charge in [0.25, 0.3) is 0 Å². The van der Waals surface area contributed by atoms with Gasteiger partial charge in [-0.2, -0.15) is 0 Å². The minimum absolute atomic E-state index is 0.124. The molecule has 3 rings (SSSR count). The van der Waals surface area contributed by atoms with Gasteiger partial charge in [0.2, 0.25) is 5.91 Å². The quantitative estimate of drug-likeness (QED) is 0.884. The molecule has 1 aliphatic heterocycles. The number of hydrogen-bond donors (Lipinski definition) is 1. The number of rotatable bonds is 3. The lowest BCUT2D eigenvalue weighted by Crippen LogP contribution is -2.25. The fourth-order valence-electron chi connectivity index (χ4n) is 2.52. The summed E-state index contributed by atoms with van der Waals surface area (Å²) in [6.07, 6.45) is 3.38. The maximum Gasteiger partial charge on any atom is 0.223 e. The number of nitrogens with one attached hydrogen (secondary N) is 1. The lowest BCUT2D eigenvalue weighted by atomic mass is 9.98. The van der Waals surface area contributed by atoms with Gasteiger partial charge in [-0.15, -0.1) is 0 Å². The molecule has 1 saturated heterocycles. The number of nitrogens with zero attached hydrogens (tertiary/aromatic N) is 2. The molecule has 2 aromatic rings. The second kappa shape index (κ2) is 5.23. The van der Waals surface area contributed by atoms with Crippen LogP contribution in [0.25, 0.3) is 0 Å². The van der Waals surface area contributed by atoms with Gasteiger partial charge < -0.3 is 9.88 Å². The van der Waals surface area contributed by atoms with Crippen LogP contribution in [0.15, 0.2) is 24.5 Å². The van der Waals surface area contributed by atoms with Crippen molar-refractivity contribution in [2.45, 2.75) is 18.9 Å². The summed E-state index contributed by atoms with van der Waals surface area (Å²) < 4.78 is 39.5. The maximum absolute atomic E-state index is 13.3. The average molecular weight is 295 g/mol. The number of hydrogen-bond acceptors (Lipinski definition) is 2. The Bertz CT molecular complexity index is 649. The summed E-state index contributed by atoms with van der Waals surface area (Å²) in [6.45, 7) is 0.637. The summed E-state index contributed by atoms with van der Waals surface area (Å²) in [7, 11) is 0. The van der Waals surface area contributed by atoms with E-state index in [2.05, 4.69) is 9.97 Å². The number of likely N-dealkylation sites (tertiary alicyclic amines) is 1. The maximum atomic E-state index is 13.3. The number of amides is 1. The molecule has 1 fully saturated rings. The van der Waals surface area contributed by atoms with E-state index in [1.807, 2.05) is 0 Å². The average Bonchev–Trinajstić information content (AvgIpc) is 3.07. The highest BCUT2D eigenvalue weighted by Crippen LogP contribution is 2.30. The number of aromatic amines is 1. The molecule has 21 heavy (non-hydrogen) atoms. The van der Waals surface area contributed by atoms with Crippen LogP contribution in [0.3, 0.4) is 0 Å². The molecule has 1 aromatic carbocycles. The topological polar surface area (TPSA) is 49.0 Å². The van der Waals surface area contributed by atoms with Gasteiger partial charge in [0, 0.05) is 31.3 Å². The van der Waals surface area contributed by atoms with E-state index in [9.17, 15) is 18.0 Å². The van der Waals surface area contributed by atoms with Crippen LogP contribution in [0.2, 0.25) is 0 Å². The molecule has 1 unspecified atom stereocenters.